The van der Waals surface area contributed by atoms with Gasteiger partial charge in [-0.25, -0.2) is 9.97 Å². The number of Topliss-reactive ketones (excluding diaryl/α,β-unsaturated/α-hetero) is 4. The summed E-state index contributed by atoms with van der Waals surface area (Å²) in [6, 6.07) is 31.7. The number of ether oxygens (including phenoxy) is 2. The highest BCUT2D eigenvalue weighted by Crippen LogP contribution is 2.54. The van der Waals surface area contributed by atoms with Crippen molar-refractivity contribution in [3.63, 3.8) is 0 Å². The predicted molar refractivity (Wildman–Crippen MR) is 268 cm³/mol. The van der Waals surface area contributed by atoms with E-state index in [9.17, 15) is 19.2 Å². The van der Waals surface area contributed by atoms with Crippen LogP contribution in [0.4, 0.5) is 0 Å². The first-order valence-electron chi connectivity index (χ1n) is 22.6. The zero-order valence-electron chi connectivity index (χ0n) is 37.0. The molecule has 0 N–H and O–H groups in total. The molecule has 0 saturated heterocycles. The maximum atomic E-state index is 13.9. The Hall–Kier alpha value is -7.66. The molecule has 4 heterocycles. The first kappa shape index (κ1) is 39.5. The van der Waals surface area contributed by atoms with Crippen LogP contribution in [-0.2, 0) is 20.7 Å². The second kappa shape index (κ2) is 13.5. The van der Waals surface area contributed by atoms with Crippen LogP contribution >= 0.6 is 22.7 Å². The Morgan fingerprint density at radius 3 is 1.10 bits per heavy atom. The van der Waals surface area contributed by atoms with E-state index in [1.165, 1.54) is 22.7 Å². The van der Waals surface area contributed by atoms with Gasteiger partial charge in [-0.1, -0.05) is 60.7 Å². The molecule has 8 aromatic rings. The molecule has 10 heteroatoms. The smallest absolute Gasteiger partial charge is 0.197 e. The quantitative estimate of drug-likeness (QED) is 0.0957. The van der Waals surface area contributed by atoms with Crippen molar-refractivity contribution in [1.29, 1.82) is 0 Å². The van der Waals surface area contributed by atoms with Gasteiger partial charge in [-0.3, -0.25) is 19.2 Å². The molecule has 8 nitrogen and oxygen atoms in total. The van der Waals surface area contributed by atoms with Gasteiger partial charge in [0.2, 0.25) is 0 Å². The average molecular weight is 921 g/mol. The minimum atomic E-state index is -0.797. The van der Waals surface area contributed by atoms with Crippen LogP contribution in [0.3, 0.4) is 0 Å². The van der Waals surface area contributed by atoms with Gasteiger partial charge in [0.15, 0.2) is 23.1 Å². The molecule has 2 atom stereocenters. The number of hydrogen-bond donors (Lipinski definition) is 0. The summed E-state index contributed by atoms with van der Waals surface area (Å²) >= 11 is 2.91. The van der Waals surface area contributed by atoms with Gasteiger partial charge in [-0.15, -0.1) is 22.7 Å². The molecular weight excluding hydrogens is 885 g/mol. The molecular formula is C58H36N2O6S2. The number of hydrogen-bond acceptors (Lipinski definition) is 10. The Morgan fingerprint density at radius 1 is 0.456 bits per heavy atom. The van der Waals surface area contributed by atoms with Gasteiger partial charge in [-0.05, 0) is 144 Å². The van der Waals surface area contributed by atoms with E-state index < -0.39 is 11.2 Å². The number of benzene rings is 6. The summed E-state index contributed by atoms with van der Waals surface area (Å²) in [6.45, 7) is 7.94. The van der Waals surface area contributed by atoms with E-state index in [1.54, 1.807) is 12.2 Å². The molecule has 2 aromatic heterocycles. The van der Waals surface area contributed by atoms with Gasteiger partial charge in [0.1, 0.15) is 44.1 Å². The summed E-state index contributed by atoms with van der Waals surface area (Å²) in [6.07, 6.45) is 12.0. The number of rotatable bonds is 2. The lowest BCUT2D eigenvalue weighted by molar-refractivity contribution is 0.0279. The van der Waals surface area contributed by atoms with Crippen LogP contribution in [0.5, 0.6) is 0 Å². The molecule has 2 aliphatic heterocycles. The van der Waals surface area contributed by atoms with Crippen molar-refractivity contribution in [3.05, 3.63) is 197 Å². The molecule has 0 saturated carbocycles. The lowest BCUT2D eigenvalue weighted by atomic mass is 9.77. The Labute approximate surface area is 397 Å². The number of nitrogens with zero attached hydrogens (tertiary/aromatic N) is 2. The van der Waals surface area contributed by atoms with Crippen LogP contribution in [0, 0.1) is 11.8 Å². The number of carbonyl (C=O) groups excluding carboxylic acids is 4. The minimum Gasteiger partial charge on any atom is -0.481 e. The van der Waals surface area contributed by atoms with Crippen LogP contribution in [0.25, 0.3) is 66.4 Å². The molecule has 326 valence electrons. The highest BCUT2D eigenvalue weighted by molar-refractivity contribution is 7.14. The standard InChI is InChI=1S/C58H36N2O6S2/c1-57(2)55-53(67-47(59-55)25-43-49(61)37-17-31-13-27-9-5-6-10-28(27)14-32(31)18-38(37)50(43)62)41-21-36-24-46-42(22-35(36)23-45(41)65-57)54-56(58(3,4)66-46)60-48(68-54)26-44-51(63)39-19-33-15-29-11-7-8-12-30(29)16-34(33)20-40(39)52(44)64/h5-26,35-36H,1-4H3. The zero-order valence-corrected chi connectivity index (χ0v) is 38.6. The topological polar surface area (TPSA) is 113 Å². The number of fused-ring (bicyclic) bond motifs is 13. The van der Waals surface area contributed by atoms with Gasteiger partial charge < -0.3 is 9.47 Å². The van der Waals surface area contributed by atoms with Crippen molar-refractivity contribution in [2.45, 2.75) is 38.9 Å². The molecule has 6 aliphatic rings. The lowest BCUT2D eigenvalue weighted by Gasteiger charge is -2.40. The normalized spacial score (nSPS) is 20.4. The highest BCUT2D eigenvalue weighted by atomic mass is 32.1. The molecule has 0 radical (unpaired) electrons. The van der Waals surface area contributed by atoms with Gasteiger partial charge in [-0.2, -0.15) is 0 Å². The van der Waals surface area contributed by atoms with Crippen LogP contribution in [-0.4, -0.2) is 33.1 Å². The van der Waals surface area contributed by atoms with Gasteiger partial charge in [0, 0.05) is 45.2 Å². The molecule has 0 amide bonds. The van der Waals surface area contributed by atoms with Gasteiger partial charge >= 0.3 is 0 Å². The lowest BCUT2D eigenvalue weighted by Crippen LogP contribution is -2.32. The van der Waals surface area contributed by atoms with E-state index in [-0.39, 0.29) is 46.1 Å². The second-order valence-corrected chi connectivity index (χ2v) is 21.4. The van der Waals surface area contributed by atoms with Crippen molar-refractivity contribution in [2.24, 2.45) is 11.8 Å². The Kier molecular flexibility index (Phi) is 7.84. The number of aromatic nitrogens is 2. The van der Waals surface area contributed by atoms with Gasteiger partial charge in [0.25, 0.3) is 0 Å². The van der Waals surface area contributed by atoms with E-state index >= 15 is 0 Å². The molecule has 2 unspecified atom stereocenters. The predicted octanol–water partition coefficient (Wildman–Crippen LogP) is 13.2. The zero-order chi connectivity index (χ0) is 46.1. The first-order valence-corrected chi connectivity index (χ1v) is 24.2. The summed E-state index contributed by atoms with van der Waals surface area (Å²) in [4.78, 5) is 67.6. The third kappa shape index (κ3) is 5.64. The van der Waals surface area contributed by atoms with Gasteiger partial charge in [0.05, 0.1) is 20.9 Å². The van der Waals surface area contributed by atoms with Crippen molar-refractivity contribution < 1.29 is 28.7 Å². The molecule has 6 aromatic carbocycles. The Balaban J connectivity index is 0.782. The fourth-order valence-corrected chi connectivity index (χ4v) is 13.2. The molecule has 0 spiro atoms. The number of ketones is 4. The van der Waals surface area contributed by atoms with Crippen molar-refractivity contribution in [2.75, 3.05) is 0 Å². The Morgan fingerprint density at radius 2 is 0.779 bits per heavy atom. The third-order valence-corrected chi connectivity index (χ3v) is 16.3. The SMILES string of the molecule is CC1(C)OC2=CC3C=C4C(=CC3C=C2c2sc(C=C3C(=O)c5cc6cc7ccccc7cc6cc5C3=O)nc21)OC(C)(C)c1nc(C=C2C(=O)c3cc5cc6ccccc6cc5cc3C2=O)sc14. The van der Waals surface area contributed by atoms with Crippen LogP contribution in [0.15, 0.2) is 144 Å². The van der Waals surface area contributed by atoms with Crippen molar-refractivity contribution in [1.82, 2.24) is 9.97 Å². The van der Waals surface area contributed by atoms with Crippen molar-refractivity contribution >= 4 is 112 Å². The first-order chi connectivity index (χ1) is 32.7. The summed E-state index contributed by atoms with van der Waals surface area (Å²) in [5.74, 6) is 0.167. The van der Waals surface area contributed by atoms with E-state index in [1.807, 2.05) is 100 Å². The van der Waals surface area contributed by atoms with Crippen LogP contribution in [0.1, 0.15) is 100 Å². The molecule has 68 heavy (non-hydrogen) atoms. The third-order valence-electron chi connectivity index (χ3n) is 14.2. The van der Waals surface area contributed by atoms with Crippen LogP contribution in [0.2, 0.25) is 0 Å². The summed E-state index contributed by atoms with van der Waals surface area (Å²) in [7, 11) is 0. The fourth-order valence-electron chi connectivity index (χ4n) is 10.8. The van der Waals surface area contributed by atoms with E-state index in [0.717, 1.165) is 86.9 Å². The number of carbonyl (C=O) groups is 4. The largest absolute Gasteiger partial charge is 0.481 e. The summed E-state index contributed by atoms with van der Waals surface area (Å²) in [5, 5.41) is 9.07. The summed E-state index contributed by atoms with van der Waals surface area (Å²) < 4.78 is 13.5. The number of allylic oxidation sites excluding steroid dienone is 8. The number of thiazole rings is 2. The second-order valence-electron chi connectivity index (χ2n) is 19.4. The average Bonchev–Trinajstić information content (AvgIpc) is 4.07. The fraction of sp³-hybridized carbons (Fsp3) is 0.138. The Bertz CT molecular complexity index is 3600. The monoisotopic (exact) mass is 920 g/mol. The van der Waals surface area contributed by atoms with E-state index in [0.29, 0.717) is 32.3 Å². The van der Waals surface area contributed by atoms with Crippen LogP contribution < -0.4 is 0 Å². The molecule has 4 aliphatic carbocycles. The van der Waals surface area contributed by atoms with E-state index in [4.69, 9.17) is 19.4 Å². The minimum absolute atomic E-state index is 0.0699. The summed E-state index contributed by atoms with van der Waals surface area (Å²) in [5.41, 5.74) is 3.61. The molecule has 0 fully saturated rings. The van der Waals surface area contributed by atoms with E-state index in [2.05, 4.69) is 48.6 Å². The molecule has 0 bridgehead atoms. The van der Waals surface area contributed by atoms with Crippen molar-refractivity contribution in [3.8, 4) is 0 Å². The molecule has 14 rings (SSSR count). The maximum Gasteiger partial charge on any atom is 0.197 e. The highest BCUT2D eigenvalue weighted by Gasteiger charge is 2.45. The maximum absolute atomic E-state index is 13.9.